The van der Waals surface area contributed by atoms with Crippen LogP contribution in [0.4, 0.5) is 0 Å². The Morgan fingerprint density at radius 3 is 1.58 bits per heavy atom. The smallest absolute Gasteiger partial charge is 0.315 e. The summed E-state index contributed by atoms with van der Waals surface area (Å²) in [4.78, 5) is 24.7. The molecular formula is C27H26O9. The average Bonchev–Trinajstić information content (AvgIpc) is 2.78. The van der Waals surface area contributed by atoms with Gasteiger partial charge in [-0.1, -0.05) is 30.8 Å². The SMILES string of the molecule is C=C(C)OC(C)CC(=O)Oc1c(O)c(-c2ccc(O)cc2)c(OC(C)=O)c(O)c1-c1ccc(O)cc1. The van der Waals surface area contributed by atoms with Crippen LogP contribution in [-0.4, -0.2) is 38.5 Å². The topological polar surface area (TPSA) is 143 Å². The quantitative estimate of drug-likeness (QED) is 0.147. The number of esters is 2. The predicted octanol–water partition coefficient (Wildman–Crippen LogP) is 5.00. The second-order valence-electron chi connectivity index (χ2n) is 8.10. The van der Waals surface area contributed by atoms with E-state index in [1.165, 1.54) is 48.5 Å². The number of hydrogen-bond donors (Lipinski definition) is 4. The van der Waals surface area contributed by atoms with Crippen LogP contribution in [0.15, 0.2) is 60.9 Å². The molecule has 0 saturated heterocycles. The molecule has 36 heavy (non-hydrogen) atoms. The van der Waals surface area contributed by atoms with Gasteiger partial charge in [-0.2, -0.15) is 0 Å². The van der Waals surface area contributed by atoms with Crippen molar-refractivity contribution in [3.8, 4) is 56.8 Å². The molecule has 0 radical (unpaired) electrons. The Morgan fingerprint density at radius 1 is 0.778 bits per heavy atom. The third kappa shape index (κ3) is 5.87. The van der Waals surface area contributed by atoms with Crippen molar-refractivity contribution < 1.29 is 44.2 Å². The summed E-state index contributed by atoms with van der Waals surface area (Å²) in [5.41, 5.74) is 0.220. The van der Waals surface area contributed by atoms with Gasteiger partial charge in [0, 0.05) is 6.92 Å². The van der Waals surface area contributed by atoms with Crippen LogP contribution in [0, 0.1) is 0 Å². The van der Waals surface area contributed by atoms with Crippen molar-refractivity contribution in [2.24, 2.45) is 0 Å². The van der Waals surface area contributed by atoms with Gasteiger partial charge in [-0.3, -0.25) is 9.59 Å². The van der Waals surface area contributed by atoms with Crippen LogP contribution in [0.25, 0.3) is 22.3 Å². The number of benzene rings is 3. The summed E-state index contributed by atoms with van der Waals surface area (Å²) in [6, 6.07) is 11.0. The van der Waals surface area contributed by atoms with Gasteiger partial charge in [-0.25, -0.2) is 0 Å². The Bertz CT molecular complexity index is 1290. The molecule has 1 atom stereocenters. The molecule has 0 aliphatic heterocycles. The monoisotopic (exact) mass is 494 g/mol. The molecule has 0 aliphatic rings. The second kappa shape index (κ2) is 10.7. The molecule has 0 heterocycles. The van der Waals surface area contributed by atoms with E-state index in [1.807, 2.05) is 0 Å². The number of phenolic OH excluding ortho intramolecular Hbond substituents is 4. The molecule has 3 aromatic carbocycles. The van der Waals surface area contributed by atoms with Gasteiger partial charge in [0.05, 0.1) is 23.3 Å². The molecule has 188 valence electrons. The Labute approximate surface area is 207 Å². The van der Waals surface area contributed by atoms with E-state index in [-0.39, 0.29) is 45.9 Å². The Kier molecular flexibility index (Phi) is 7.73. The maximum atomic E-state index is 12.8. The zero-order valence-electron chi connectivity index (χ0n) is 19.9. The maximum Gasteiger partial charge on any atom is 0.315 e. The molecule has 0 aliphatic carbocycles. The molecule has 4 N–H and O–H groups in total. The highest BCUT2D eigenvalue weighted by atomic mass is 16.6. The minimum Gasteiger partial charge on any atom is -0.508 e. The van der Waals surface area contributed by atoms with Crippen molar-refractivity contribution in [1.82, 2.24) is 0 Å². The third-order valence-electron chi connectivity index (χ3n) is 4.99. The van der Waals surface area contributed by atoms with Gasteiger partial charge in [0.15, 0.2) is 23.0 Å². The first-order chi connectivity index (χ1) is 17.0. The largest absolute Gasteiger partial charge is 0.508 e. The molecule has 0 fully saturated rings. The average molecular weight is 494 g/mol. The minimum atomic E-state index is -0.782. The van der Waals surface area contributed by atoms with Crippen LogP contribution in [0.5, 0.6) is 34.5 Å². The van der Waals surface area contributed by atoms with E-state index >= 15 is 0 Å². The number of phenols is 4. The first kappa shape index (κ1) is 26.0. The van der Waals surface area contributed by atoms with E-state index in [0.717, 1.165) is 6.92 Å². The van der Waals surface area contributed by atoms with Crippen molar-refractivity contribution in [1.29, 1.82) is 0 Å². The Morgan fingerprint density at radius 2 is 1.19 bits per heavy atom. The zero-order chi connectivity index (χ0) is 26.6. The number of carbonyl (C=O) groups is 2. The molecule has 1 unspecified atom stereocenters. The highest BCUT2D eigenvalue weighted by Gasteiger charge is 2.30. The van der Waals surface area contributed by atoms with Crippen molar-refractivity contribution >= 4 is 11.9 Å². The van der Waals surface area contributed by atoms with E-state index in [4.69, 9.17) is 14.2 Å². The minimum absolute atomic E-state index is 0.0598. The number of allylic oxidation sites excluding steroid dienone is 1. The van der Waals surface area contributed by atoms with E-state index in [0.29, 0.717) is 5.76 Å². The molecule has 0 spiro atoms. The summed E-state index contributed by atoms with van der Waals surface area (Å²) in [5.74, 6) is -3.25. The van der Waals surface area contributed by atoms with E-state index in [9.17, 15) is 30.0 Å². The van der Waals surface area contributed by atoms with Gasteiger partial charge in [0.1, 0.15) is 17.6 Å². The van der Waals surface area contributed by atoms with E-state index in [2.05, 4.69) is 6.58 Å². The van der Waals surface area contributed by atoms with Crippen LogP contribution >= 0.6 is 0 Å². The summed E-state index contributed by atoms with van der Waals surface area (Å²) in [6.07, 6.45) is -0.790. The molecule has 0 bridgehead atoms. The van der Waals surface area contributed by atoms with Crippen LogP contribution in [-0.2, 0) is 14.3 Å². The fraction of sp³-hybridized carbons (Fsp3) is 0.185. The molecular weight excluding hydrogens is 468 g/mol. The summed E-state index contributed by atoms with van der Waals surface area (Å²) < 4.78 is 16.2. The lowest BCUT2D eigenvalue weighted by atomic mass is 9.95. The number of rotatable bonds is 8. The summed E-state index contributed by atoms with van der Waals surface area (Å²) >= 11 is 0. The summed E-state index contributed by atoms with van der Waals surface area (Å²) in [6.45, 7) is 8.02. The fourth-order valence-electron chi connectivity index (χ4n) is 3.59. The lowest BCUT2D eigenvalue weighted by Crippen LogP contribution is -2.18. The first-order valence-electron chi connectivity index (χ1n) is 10.9. The van der Waals surface area contributed by atoms with Crippen LogP contribution in [0.3, 0.4) is 0 Å². The van der Waals surface area contributed by atoms with Gasteiger partial charge in [0.25, 0.3) is 0 Å². The number of aromatic hydroxyl groups is 4. The maximum absolute atomic E-state index is 12.8. The number of ether oxygens (including phenoxy) is 3. The van der Waals surface area contributed by atoms with Crippen LogP contribution < -0.4 is 9.47 Å². The standard InChI is InChI=1S/C27H26O9/c1-14(2)34-15(3)13-21(31)36-27-23(18-7-11-20(30)12-8-18)24(32)26(35-16(4)28)22(25(27)33)17-5-9-19(29)10-6-17/h5-12,15,29-30,32-33H,1,13H2,2-4H3. The van der Waals surface area contributed by atoms with Gasteiger partial charge < -0.3 is 34.6 Å². The summed E-state index contributed by atoms with van der Waals surface area (Å²) in [7, 11) is 0. The number of carbonyl (C=O) groups excluding carboxylic acids is 2. The summed E-state index contributed by atoms with van der Waals surface area (Å²) in [5, 5.41) is 41.9. The normalized spacial score (nSPS) is 11.4. The van der Waals surface area contributed by atoms with E-state index in [1.54, 1.807) is 13.8 Å². The molecule has 9 nitrogen and oxygen atoms in total. The van der Waals surface area contributed by atoms with Gasteiger partial charge in [0.2, 0.25) is 0 Å². The van der Waals surface area contributed by atoms with Crippen molar-refractivity contribution in [2.75, 3.05) is 0 Å². The lowest BCUT2D eigenvalue weighted by Gasteiger charge is -2.21. The van der Waals surface area contributed by atoms with Crippen molar-refractivity contribution in [3.63, 3.8) is 0 Å². The molecule has 3 rings (SSSR count). The fourth-order valence-corrected chi connectivity index (χ4v) is 3.59. The molecule has 0 aromatic heterocycles. The Balaban J connectivity index is 2.26. The second-order valence-corrected chi connectivity index (χ2v) is 8.10. The van der Waals surface area contributed by atoms with Gasteiger partial charge in [-0.05, 0) is 49.2 Å². The van der Waals surface area contributed by atoms with Crippen molar-refractivity contribution in [3.05, 3.63) is 60.9 Å². The van der Waals surface area contributed by atoms with Gasteiger partial charge >= 0.3 is 11.9 Å². The number of hydrogen-bond acceptors (Lipinski definition) is 9. The van der Waals surface area contributed by atoms with Gasteiger partial charge in [-0.15, -0.1) is 0 Å². The van der Waals surface area contributed by atoms with Crippen LogP contribution in [0.1, 0.15) is 27.2 Å². The van der Waals surface area contributed by atoms with E-state index < -0.39 is 35.3 Å². The molecule has 0 saturated carbocycles. The predicted molar refractivity (Wildman–Crippen MR) is 131 cm³/mol. The third-order valence-corrected chi connectivity index (χ3v) is 4.99. The highest BCUT2D eigenvalue weighted by Crippen LogP contribution is 2.56. The lowest BCUT2D eigenvalue weighted by molar-refractivity contribution is -0.136. The zero-order valence-corrected chi connectivity index (χ0v) is 19.9. The van der Waals surface area contributed by atoms with Crippen molar-refractivity contribution in [2.45, 2.75) is 33.3 Å². The first-order valence-corrected chi connectivity index (χ1v) is 10.9. The van der Waals surface area contributed by atoms with Crippen LogP contribution in [0.2, 0.25) is 0 Å². The molecule has 0 amide bonds. The Hall–Kier alpha value is -4.66. The highest BCUT2D eigenvalue weighted by molar-refractivity contribution is 5.95. The molecule has 9 heteroatoms. The molecule has 3 aromatic rings.